The molecule has 2 fully saturated rings. The summed E-state index contributed by atoms with van der Waals surface area (Å²) in [6.07, 6.45) is 2.42. The fourth-order valence-corrected chi connectivity index (χ4v) is 3.66. The van der Waals surface area contributed by atoms with Gasteiger partial charge in [-0.3, -0.25) is 10.1 Å². The molecule has 1 N–H and O–H groups in total. The molecule has 0 bridgehead atoms. The summed E-state index contributed by atoms with van der Waals surface area (Å²) >= 11 is 1.72. The highest BCUT2D eigenvalue weighted by Gasteiger charge is 2.44. The van der Waals surface area contributed by atoms with Crippen LogP contribution in [0.2, 0.25) is 0 Å². The Bertz CT molecular complexity index is 411. The van der Waals surface area contributed by atoms with Gasteiger partial charge in [-0.15, -0.1) is 11.3 Å². The second-order valence-corrected chi connectivity index (χ2v) is 6.26. The summed E-state index contributed by atoms with van der Waals surface area (Å²) in [5, 5.41) is 5.48. The van der Waals surface area contributed by atoms with E-state index in [1.165, 1.54) is 4.88 Å². The van der Waals surface area contributed by atoms with Crippen LogP contribution in [0.3, 0.4) is 0 Å². The molecule has 2 heterocycles. The fourth-order valence-electron chi connectivity index (χ4n) is 2.88. The average molecular weight is 250 g/mol. The summed E-state index contributed by atoms with van der Waals surface area (Å²) in [5.74, 6) is 1.04. The van der Waals surface area contributed by atoms with E-state index in [-0.39, 0.29) is 18.1 Å². The third-order valence-corrected chi connectivity index (χ3v) is 4.79. The molecule has 92 valence electrons. The first-order chi connectivity index (χ1) is 8.16. The lowest BCUT2D eigenvalue weighted by Gasteiger charge is -2.42. The molecule has 3 rings (SSSR count). The van der Waals surface area contributed by atoms with E-state index in [9.17, 15) is 4.79 Å². The minimum Gasteiger partial charge on any atom is -0.318 e. The van der Waals surface area contributed by atoms with Crippen molar-refractivity contribution in [3.8, 4) is 0 Å². The minimum absolute atomic E-state index is 0.0435. The number of amides is 1. The summed E-state index contributed by atoms with van der Waals surface area (Å²) in [4.78, 5) is 15.6. The Hall–Kier alpha value is -0.870. The van der Waals surface area contributed by atoms with Crippen molar-refractivity contribution >= 4 is 17.2 Å². The van der Waals surface area contributed by atoms with Gasteiger partial charge in [-0.1, -0.05) is 13.0 Å². The van der Waals surface area contributed by atoms with Crippen LogP contribution in [0.4, 0.5) is 0 Å². The zero-order chi connectivity index (χ0) is 12.0. The molecule has 1 saturated heterocycles. The number of nitrogens with one attached hydrogen (secondary N) is 1. The normalized spacial score (nSPS) is 37.3. The molecule has 1 saturated carbocycles. The Morgan fingerprint density at radius 3 is 2.76 bits per heavy atom. The first-order valence-corrected chi connectivity index (χ1v) is 7.16. The van der Waals surface area contributed by atoms with Crippen molar-refractivity contribution < 1.29 is 4.79 Å². The van der Waals surface area contributed by atoms with Crippen LogP contribution in [0, 0.1) is 5.92 Å². The third-order valence-electron chi connectivity index (χ3n) is 3.87. The smallest absolute Gasteiger partial charge is 0.241 e. The molecule has 1 aromatic rings. The highest BCUT2D eigenvalue weighted by Crippen LogP contribution is 2.39. The van der Waals surface area contributed by atoms with E-state index in [0.29, 0.717) is 6.04 Å². The number of nitrogens with zero attached hydrogens (tertiary/aromatic N) is 1. The quantitative estimate of drug-likeness (QED) is 0.874. The lowest BCUT2D eigenvalue weighted by atomic mass is 9.80. The van der Waals surface area contributed by atoms with Crippen molar-refractivity contribution in [3.05, 3.63) is 22.4 Å². The number of carbonyl (C=O) groups excluding carboxylic acids is 1. The van der Waals surface area contributed by atoms with E-state index >= 15 is 0 Å². The molecule has 2 aliphatic rings. The van der Waals surface area contributed by atoms with Crippen molar-refractivity contribution in [1.82, 2.24) is 10.2 Å². The molecule has 1 amide bonds. The zero-order valence-corrected chi connectivity index (χ0v) is 11.0. The Labute approximate surface area is 106 Å². The predicted octanol–water partition coefficient (Wildman–Crippen LogP) is 2.37. The van der Waals surface area contributed by atoms with E-state index in [2.05, 4.69) is 34.7 Å². The maximum absolute atomic E-state index is 12.2. The molecule has 0 radical (unpaired) electrons. The molecule has 17 heavy (non-hydrogen) atoms. The monoisotopic (exact) mass is 250 g/mol. The minimum atomic E-state index is -0.0435. The molecule has 0 spiro atoms. The van der Waals surface area contributed by atoms with Crippen LogP contribution in [-0.4, -0.2) is 22.9 Å². The van der Waals surface area contributed by atoms with Crippen molar-refractivity contribution in [2.45, 2.75) is 44.9 Å². The summed E-state index contributed by atoms with van der Waals surface area (Å²) in [5.41, 5.74) is 0. The molecule has 0 aromatic carbocycles. The fraction of sp³-hybridized carbons (Fsp3) is 0.615. The van der Waals surface area contributed by atoms with Gasteiger partial charge in [0.25, 0.3) is 0 Å². The summed E-state index contributed by atoms with van der Waals surface area (Å²) in [7, 11) is 0. The lowest BCUT2D eigenvalue weighted by Crippen LogP contribution is -2.46. The SMILES string of the molecule is CC1CC(N2C(=O)C(C)NC2c2cccs2)C1. The maximum atomic E-state index is 12.2. The zero-order valence-electron chi connectivity index (χ0n) is 10.2. The predicted molar refractivity (Wildman–Crippen MR) is 68.7 cm³/mol. The van der Waals surface area contributed by atoms with Crippen molar-refractivity contribution in [2.24, 2.45) is 5.92 Å². The maximum Gasteiger partial charge on any atom is 0.241 e. The summed E-state index contributed by atoms with van der Waals surface area (Å²) < 4.78 is 0. The van der Waals surface area contributed by atoms with E-state index in [1.807, 2.05) is 6.92 Å². The van der Waals surface area contributed by atoms with Crippen LogP contribution in [0.1, 0.15) is 37.7 Å². The number of hydrogen-bond acceptors (Lipinski definition) is 3. The van der Waals surface area contributed by atoms with Gasteiger partial charge >= 0.3 is 0 Å². The lowest BCUT2D eigenvalue weighted by molar-refractivity contribution is -0.134. The van der Waals surface area contributed by atoms with Gasteiger partial charge in [0.05, 0.1) is 6.04 Å². The third kappa shape index (κ3) is 1.79. The Kier molecular flexibility index (Phi) is 2.71. The Morgan fingerprint density at radius 2 is 2.18 bits per heavy atom. The Balaban J connectivity index is 1.84. The number of hydrogen-bond donors (Lipinski definition) is 1. The van der Waals surface area contributed by atoms with Crippen LogP contribution >= 0.6 is 11.3 Å². The Morgan fingerprint density at radius 1 is 1.41 bits per heavy atom. The average Bonchev–Trinajstić information content (AvgIpc) is 2.85. The largest absolute Gasteiger partial charge is 0.318 e. The van der Waals surface area contributed by atoms with Gasteiger partial charge in [-0.2, -0.15) is 0 Å². The molecule has 2 atom stereocenters. The molecular formula is C13H18N2OS. The van der Waals surface area contributed by atoms with Crippen LogP contribution in [-0.2, 0) is 4.79 Å². The molecule has 4 heteroatoms. The first kappa shape index (κ1) is 11.2. The highest BCUT2D eigenvalue weighted by molar-refractivity contribution is 7.10. The van der Waals surface area contributed by atoms with Crippen molar-refractivity contribution in [2.75, 3.05) is 0 Å². The molecule has 2 unspecified atom stereocenters. The van der Waals surface area contributed by atoms with E-state index in [0.717, 1.165) is 18.8 Å². The second kappa shape index (κ2) is 4.10. The van der Waals surface area contributed by atoms with Gasteiger partial charge in [0.1, 0.15) is 6.17 Å². The van der Waals surface area contributed by atoms with Gasteiger partial charge in [0, 0.05) is 10.9 Å². The topological polar surface area (TPSA) is 32.3 Å². The molecular weight excluding hydrogens is 232 g/mol. The molecule has 1 aliphatic heterocycles. The summed E-state index contributed by atoms with van der Waals surface area (Å²) in [6.45, 7) is 4.22. The number of rotatable bonds is 2. The molecule has 1 aromatic heterocycles. The van der Waals surface area contributed by atoms with Crippen LogP contribution in [0.15, 0.2) is 17.5 Å². The summed E-state index contributed by atoms with van der Waals surface area (Å²) in [6, 6.07) is 4.57. The number of carbonyl (C=O) groups is 1. The van der Waals surface area contributed by atoms with Crippen LogP contribution < -0.4 is 5.32 Å². The van der Waals surface area contributed by atoms with Crippen molar-refractivity contribution in [1.29, 1.82) is 0 Å². The van der Waals surface area contributed by atoms with E-state index in [4.69, 9.17) is 0 Å². The van der Waals surface area contributed by atoms with Gasteiger partial charge in [-0.25, -0.2) is 0 Å². The molecule has 3 nitrogen and oxygen atoms in total. The highest BCUT2D eigenvalue weighted by atomic mass is 32.1. The van der Waals surface area contributed by atoms with Gasteiger partial charge in [-0.05, 0) is 37.1 Å². The van der Waals surface area contributed by atoms with Gasteiger partial charge in [0.2, 0.25) is 5.91 Å². The standard InChI is InChI=1S/C13H18N2OS/c1-8-6-10(7-8)15-12(11-4-3-5-17-11)14-9(2)13(15)16/h3-5,8-10,12,14H,6-7H2,1-2H3. The van der Waals surface area contributed by atoms with Gasteiger partial charge in [0.15, 0.2) is 0 Å². The van der Waals surface area contributed by atoms with Crippen LogP contribution in [0.25, 0.3) is 0 Å². The van der Waals surface area contributed by atoms with E-state index in [1.54, 1.807) is 11.3 Å². The first-order valence-electron chi connectivity index (χ1n) is 6.28. The second-order valence-electron chi connectivity index (χ2n) is 5.28. The number of thiophene rings is 1. The van der Waals surface area contributed by atoms with Crippen LogP contribution in [0.5, 0.6) is 0 Å². The van der Waals surface area contributed by atoms with E-state index < -0.39 is 0 Å². The molecule has 1 aliphatic carbocycles. The van der Waals surface area contributed by atoms with Crippen molar-refractivity contribution in [3.63, 3.8) is 0 Å². The van der Waals surface area contributed by atoms with Gasteiger partial charge < -0.3 is 4.90 Å².